The van der Waals surface area contributed by atoms with Gasteiger partial charge in [0.25, 0.3) is 5.56 Å². The molecule has 1 fully saturated rings. The van der Waals surface area contributed by atoms with E-state index in [1.165, 1.54) is 0 Å². The molecule has 1 saturated heterocycles. The van der Waals surface area contributed by atoms with Gasteiger partial charge in [0.15, 0.2) is 6.23 Å². The van der Waals surface area contributed by atoms with Crippen LogP contribution >= 0.6 is 19.3 Å². The fraction of sp³-hybridized carbons (Fsp3) is 0.476. The summed E-state index contributed by atoms with van der Waals surface area (Å²) in [7, 11) is 1.91. The van der Waals surface area contributed by atoms with Crippen molar-refractivity contribution in [2.75, 3.05) is 13.2 Å². The number of H-pyrrole nitrogens is 1. The Morgan fingerprint density at radius 2 is 2.06 bits per heavy atom. The molecule has 0 bridgehead atoms. The molecule has 1 aromatic carbocycles. The van der Waals surface area contributed by atoms with Crippen molar-refractivity contribution in [3.63, 3.8) is 0 Å². The number of para-hydroxylation sites is 1. The number of carbonyl (C=O) groups excluding carboxylic acids is 1. The lowest BCUT2D eigenvalue weighted by Gasteiger charge is -2.27. The van der Waals surface area contributed by atoms with Crippen molar-refractivity contribution in [2.45, 2.75) is 49.5 Å². The van der Waals surface area contributed by atoms with Gasteiger partial charge in [0.05, 0.1) is 17.5 Å². The van der Waals surface area contributed by atoms with Crippen LogP contribution in [-0.4, -0.2) is 64.7 Å². The number of nitrogens with one attached hydrogen (secondary N) is 2. The second-order valence-corrected chi connectivity index (χ2v) is 10.4. The van der Waals surface area contributed by atoms with Crippen molar-refractivity contribution in [2.24, 2.45) is 0 Å². The fourth-order valence-corrected chi connectivity index (χ4v) is 5.14. The topological polar surface area (TPSA) is 158 Å². The summed E-state index contributed by atoms with van der Waals surface area (Å²) in [6.45, 7) is 2.63. The fourth-order valence-electron chi connectivity index (χ4n) is 3.31. The number of aliphatic hydroxyl groups is 1. The van der Waals surface area contributed by atoms with Crippen LogP contribution in [0.4, 0.5) is 0 Å². The maximum Gasteiger partial charge on any atom is 0.459 e. The molecule has 0 aliphatic carbocycles. The highest BCUT2D eigenvalue weighted by Gasteiger charge is 2.53. The number of rotatable bonds is 11. The van der Waals surface area contributed by atoms with Crippen molar-refractivity contribution in [3.8, 4) is 5.75 Å². The van der Waals surface area contributed by atoms with Gasteiger partial charge in [-0.1, -0.05) is 25.1 Å². The van der Waals surface area contributed by atoms with Gasteiger partial charge in [0.1, 0.15) is 26.3 Å². The summed E-state index contributed by atoms with van der Waals surface area (Å²) in [6, 6.07) is 8.61. The van der Waals surface area contributed by atoms with Crippen molar-refractivity contribution >= 4 is 33.2 Å². The molecule has 2 radical (unpaired) electrons. The van der Waals surface area contributed by atoms with Gasteiger partial charge < -0.3 is 19.1 Å². The van der Waals surface area contributed by atoms with Gasteiger partial charge in [0.2, 0.25) is 0 Å². The van der Waals surface area contributed by atoms with E-state index in [0.717, 1.165) is 16.8 Å². The van der Waals surface area contributed by atoms with E-state index < -0.39 is 60.8 Å². The minimum atomic E-state index is -4.13. The molecule has 3 rings (SSSR count). The molecule has 1 aliphatic rings. The largest absolute Gasteiger partial charge is 0.464 e. The van der Waals surface area contributed by atoms with Gasteiger partial charge in [-0.2, -0.15) is 0 Å². The molecule has 1 aromatic heterocycles. The molecule has 3 N–H and O–H groups in total. The summed E-state index contributed by atoms with van der Waals surface area (Å²) >= 11 is 6.30. The smallest absolute Gasteiger partial charge is 0.459 e. The first-order chi connectivity index (χ1) is 16.9. The molecule has 0 amide bonds. The lowest BCUT2D eigenvalue weighted by Crippen LogP contribution is -2.45. The number of carbonyl (C=O) groups is 1. The Balaban J connectivity index is 1.76. The molecule has 2 aromatic rings. The number of esters is 1. The van der Waals surface area contributed by atoms with E-state index in [9.17, 15) is 24.1 Å². The number of nitrogens with zero attached hydrogens (tertiary/aromatic N) is 1. The maximum atomic E-state index is 13.6. The Morgan fingerprint density at radius 3 is 2.69 bits per heavy atom. The van der Waals surface area contributed by atoms with Crippen LogP contribution in [0.3, 0.4) is 0 Å². The van der Waals surface area contributed by atoms with Crippen LogP contribution in [0.15, 0.2) is 52.2 Å². The van der Waals surface area contributed by atoms with E-state index in [0.29, 0.717) is 0 Å². The molecule has 194 valence electrons. The molecule has 12 nitrogen and oxygen atoms in total. The minimum absolute atomic E-state index is 0.106. The number of alkyl halides is 1. The molecule has 0 saturated carbocycles. The highest BCUT2D eigenvalue weighted by atomic mass is 35.5. The molecular formula is C21H26BClN3O9P. The van der Waals surface area contributed by atoms with E-state index in [1.54, 1.807) is 44.2 Å². The number of halogens is 1. The normalized spacial score (nSPS) is 26.2. The van der Waals surface area contributed by atoms with Crippen molar-refractivity contribution in [1.29, 1.82) is 0 Å². The van der Waals surface area contributed by atoms with Gasteiger partial charge in [-0.15, -0.1) is 11.6 Å². The van der Waals surface area contributed by atoms with Crippen LogP contribution < -0.4 is 20.9 Å². The summed E-state index contributed by atoms with van der Waals surface area (Å²) in [5.41, 5.74) is -1.50. The number of hydrogen-bond acceptors (Lipinski definition) is 9. The van der Waals surface area contributed by atoms with Gasteiger partial charge >= 0.3 is 19.4 Å². The summed E-state index contributed by atoms with van der Waals surface area (Å²) in [5, 5.41) is 13.4. The lowest BCUT2D eigenvalue weighted by molar-refractivity contribution is -0.143. The zero-order chi connectivity index (χ0) is 26.5. The van der Waals surface area contributed by atoms with E-state index in [-0.39, 0.29) is 18.8 Å². The highest BCUT2D eigenvalue weighted by Crippen LogP contribution is 2.47. The standard InChI is InChI=1S/C21H26BClN3O9P/c1-3-17(28)32-11-13(2)25-36(31,35-14-7-5-4-6-8-14)33-12-15-18(29)21(22,23)19(34-15)26-10-9-16(27)24-20(26)30/h4-10,13,15,18-19,29H,3,11-12H2,1-2H3,(H,25,31)(H,24,27,30)/t13-,15+,18+,19+,21-,36?/m0/s1. The molecular weight excluding hydrogens is 515 g/mol. The molecule has 0 spiro atoms. The Bertz CT molecular complexity index is 1210. The van der Waals surface area contributed by atoms with Crippen LogP contribution in [0.25, 0.3) is 0 Å². The third kappa shape index (κ3) is 6.87. The molecule has 2 heterocycles. The summed E-state index contributed by atoms with van der Waals surface area (Å²) < 4.78 is 34.4. The van der Waals surface area contributed by atoms with Gasteiger partial charge in [-0.3, -0.25) is 23.7 Å². The summed E-state index contributed by atoms with van der Waals surface area (Å²) in [6.07, 6.45) is -2.90. The number of hydrogen-bond donors (Lipinski definition) is 3. The van der Waals surface area contributed by atoms with Crippen molar-refractivity contribution in [1.82, 2.24) is 14.6 Å². The van der Waals surface area contributed by atoms with Crippen LogP contribution in [-0.2, 0) is 23.4 Å². The molecule has 6 atom stereocenters. The maximum absolute atomic E-state index is 13.6. The van der Waals surface area contributed by atoms with Crippen LogP contribution in [0.5, 0.6) is 5.75 Å². The number of benzene rings is 1. The first-order valence-electron chi connectivity index (χ1n) is 11.0. The third-order valence-corrected chi connectivity index (χ3v) is 7.24. The number of ether oxygens (including phenoxy) is 2. The van der Waals surface area contributed by atoms with Crippen molar-refractivity contribution in [3.05, 3.63) is 63.4 Å². The van der Waals surface area contributed by atoms with E-state index >= 15 is 0 Å². The van der Waals surface area contributed by atoms with E-state index in [4.69, 9.17) is 38.0 Å². The predicted octanol–water partition coefficient (Wildman–Crippen LogP) is 1.03. The SMILES string of the molecule is [B][C@]1(Cl)[C@H](O)[C@@H](COP(=O)(N[C@@H](C)COC(=O)CC)Oc2ccccc2)O[C@H]1n1ccc(=O)[nH]c1=O. The monoisotopic (exact) mass is 541 g/mol. The Hall–Kier alpha value is -2.41. The third-order valence-electron chi connectivity index (χ3n) is 5.13. The highest BCUT2D eigenvalue weighted by molar-refractivity contribution is 7.52. The van der Waals surface area contributed by atoms with Gasteiger partial charge in [-0.25, -0.2) is 14.4 Å². The first-order valence-corrected chi connectivity index (χ1v) is 12.9. The zero-order valence-corrected chi connectivity index (χ0v) is 21.2. The van der Waals surface area contributed by atoms with Crippen LogP contribution in [0, 0.1) is 0 Å². The Kier molecular flexibility index (Phi) is 9.20. The number of aromatic amines is 1. The zero-order valence-electron chi connectivity index (χ0n) is 19.5. The minimum Gasteiger partial charge on any atom is -0.464 e. The average Bonchev–Trinajstić information content (AvgIpc) is 3.05. The van der Waals surface area contributed by atoms with Gasteiger partial charge in [0, 0.05) is 24.7 Å². The van der Waals surface area contributed by atoms with Crippen LogP contribution in [0.2, 0.25) is 0 Å². The van der Waals surface area contributed by atoms with E-state index in [2.05, 4.69) is 5.09 Å². The second-order valence-electron chi connectivity index (χ2n) is 8.08. The molecule has 15 heteroatoms. The predicted molar refractivity (Wildman–Crippen MR) is 130 cm³/mol. The summed E-state index contributed by atoms with van der Waals surface area (Å²) in [5.74, 6) is -0.210. The average molecular weight is 542 g/mol. The molecule has 1 aliphatic heterocycles. The molecule has 36 heavy (non-hydrogen) atoms. The number of aromatic nitrogens is 2. The molecule has 1 unspecified atom stereocenters. The van der Waals surface area contributed by atoms with Gasteiger partial charge in [-0.05, 0) is 19.1 Å². The Morgan fingerprint density at radius 1 is 1.36 bits per heavy atom. The number of aliphatic hydroxyl groups excluding tert-OH is 1. The summed E-state index contributed by atoms with van der Waals surface area (Å²) in [4.78, 5) is 37.1. The lowest BCUT2D eigenvalue weighted by atomic mass is 9.79. The first kappa shape index (κ1) is 28.2. The second kappa shape index (κ2) is 11.8. The Labute approximate surface area is 212 Å². The quantitative estimate of drug-likeness (QED) is 0.162. The van der Waals surface area contributed by atoms with Crippen molar-refractivity contribution < 1.29 is 33.0 Å². The van der Waals surface area contributed by atoms with Crippen LogP contribution in [0.1, 0.15) is 26.5 Å². The van der Waals surface area contributed by atoms with E-state index in [1.807, 2.05) is 4.98 Å².